The van der Waals surface area contributed by atoms with E-state index in [-0.39, 0.29) is 17.6 Å². The zero-order valence-corrected chi connectivity index (χ0v) is 17.4. The van der Waals surface area contributed by atoms with E-state index in [9.17, 15) is 4.79 Å². The van der Waals surface area contributed by atoms with E-state index in [1.165, 1.54) is 0 Å². The number of carbonyl (C=O) groups excluding carboxylic acids is 1. The molecule has 4 rings (SSSR count). The van der Waals surface area contributed by atoms with E-state index < -0.39 is 0 Å². The molecule has 1 amide bonds. The first kappa shape index (κ1) is 19.9. The van der Waals surface area contributed by atoms with Crippen LogP contribution in [0.25, 0.3) is 0 Å². The van der Waals surface area contributed by atoms with Gasteiger partial charge in [-0.1, -0.05) is 5.16 Å². The van der Waals surface area contributed by atoms with E-state index in [0.717, 1.165) is 48.3 Å². The van der Waals surface area contributed by atoms with Gasteiger partial charge < -0.3 is 18.9 Å². The van der Waals surface area contributed by atoms with Gasteiger partial charge in [-0.3, -0.25) is 4.79 Å². The van der Waals surface area contributed by atoms with Gasteiger partial charge in [-0.05, 0) is 45.2 Å². The lowest BCUT2D eigenvalue weighted by Crippen LogP contribution is -2.52. The Morgan fingerprint density at radius 1 is 1.31 bits per heavy atom. The lowest BCUT2D eigenvalue weighted by Gasteiger charge is -2.46. The molecule has 2 aromatic heterocycles. The molecule has 2 aliphatic rings. The Balaban J connectivity index is 1.33. The highest BCUT2D eigenvalue weighted by Crippen LogP contribution is 2.36. The number of amides is 1. The highest BCUT2D eigenvalue weighted by Gasteiger charge is 2.42. The number of pyridine rings is 1. The smallest absolute Gasteiger partial charge is 0.227 e. The van der Waals surface area contributed by atoms with Crippen LogP contribution in [0.1, 0.15) is 48.3 Å². The van der Waals surface area contributed by atoms with E-state index in [1.807, 2.05) is 37.8 Å². The lowest BCUT2D eigenvalue weighted by atomic mass is 9.83. The maximum Gasteiger partial charge on any atom is 0.227 e. The van der Waals surface area contributed by atoms with Gasteiger partial charge in [0.15, 0.2) is 0 Å². The van der Waals surface area contributed by atoms with E-state index in [1.54, 1.807) is 6.20 Å². The van der Waals surface area contributed by atoms with Crippen molar-refractivity contribution in [2.24, 2.45) is 0 Å². The van der Waals surface area contributed by atoms with Crippen molar-refractivity contribution in [3.8, 4) is 5.88 Å². The van der Waals surface area contributed by atoms with Crippen LogP contribution < -0.4 is 4.74 Å². The van der Waals surface area contributed by atoms with E-state index >= 15 is 0 Å². The van der Waals surface area contributed by atoms with Gasteiger partial charge in [0.05, 0.1) is 24.3 Å². The Kier molecular flexibility index (Phi) is 5.58. The van der Waals surface area contributed by atoms with Gasteiger partial charge in [0.1, 0.15) is 11.9 Å². The first-order valence-corrected chi connectivity index (χ1v) is 10.4. The third kappa shape index (κ3) is 4.45. The molecule has 1 atom stereocenters. The second kappa shape index (κ2) is 8.14. The predicted octanol–water partition coefficient (Wildman–Crippen LogP) is 3.16. The molecule has 156 valence electrons. The van der Waals surface area contributed by atoms with Crippen molar-refractivity contribution in [1.29, 1.82) is 0 Å². The first-order chi connectivity index (χ1) is 13.9. The number of likely N-dealkylation sites (tertiary alicyclic amines) is 1. The molecular weight excluding hydrogens is 370 g/mol. The van der Waals surface area contributed by atoms with Crippen molar-refractivity contribution in [3.05, 3.63) is 40.9 Å². The third-order valence-corrected chi connectivity index (χ3v) is 6.16. The maximum atomic E-state index is 12.8. The zero-order chi connectivity index (χ0) is 20.4. The Morgan fingerprint density at radius 3 is 2.79 bits per heavy atom. The number of aromatic nitrogens is 2. The summed E-state index contributed by atoms with van der Waals surface area (Å²) >= 11 is 0. The molecule has 0 aromatic carbocycles. The van der Waals surface area contributed by atoms with Crippen molar-refractivity contribution >= 4 is 5.91 Å². The highest BCUT2D eigenvalue weighted by molar-refractivity contribution is 5.79. The Bertz CT molecular complexity index is 851. The average Bonchev–Trinajstić information content (AvgIpc) is 3.01. The summed E-state index contributed by atoms with van der Waals surface area (Å²) in [4.78, 5) is 19.0. The van der Waals surface area contributed by atoms with Crippen molar-refractivity contribution in [1.82, 2.24) is 15.0 Å². The Labute approximate surface area is 171 Å². The molecule has 29 heavy (non-hydrogen) atoms. The predicted molar refractivity (Wildman–Crippen MR) is 107 cm³/mol. The second-order valence-electron chi connectivity index (χ2n) is 8.30. The standard InChI is InChI=1S/C22H29N3O4/c1-15-4-8-23-20(12-15)28-18-5-11-27-22(14-18)6-9-25(10-7-22)21(26)13-19-16(2)24-29-17(19)3/h4,8,12,18H,5-7,9-11,13-14H2,1-3H3. The van der Waals surface area contributed by atoms with Crippen molar-refractivity contribution in [3.63, 3.8) is 0 Å². The number of ether oxygens (including phenoxy) is 2. The molecule has 0 aliphatic carbocycles. The number of hydrogen-bond acceptors (Lipinski definition) is 6. The molecule has 4 heterocycles. The van der Waals surface area contributed by atoms with Crippen LogP contribution >= 0.6 is 0 Å². The fourth-order valence-electron chi connectivity index (χ4n) is 4.36. The fraction of sp³-hybridized carbons (Fsp3) is 0.591. The summed E-state index contributed by atoms with van der Waals surface area (Å²) in [5.41, 5.74) is 2.64. The van der Waals surface area contributed by atoms with Gasteiger partial charge in [0.25, 0.3) is 0 Å². The minimum Gasteiger partial charge on any atom is -0.474 e. The van der Waals surface area contributed by atoms with E-state index in [4.69, 9.17) is 14.0 Å². The summed E-state index contributed by atoms with van der Waals surface area (Å²) in [6, 6.07) is 3.94. The largest absolute Gasteiger partial charge is 0.474 e. The summed E-state index contributed by atoms with van der Waals surface area (Å²) in [6.45, 7) is 7.87. The van der Waals surface area contributed by atoms with Crippen LogP contribution in [0.4, 0.5) is 0 Å². The van der Waals surface area contributed by atoms with Gasteiger partial charge in [-0.2, -0.15) is 0 Å². The van der Waals surface area contributed by atoms with Crippen LogP contribution in [0.3, 0.4) is 0 Å². The fourth-order valence-corrected chi connectivity index (χ4v) is 4.36. The van der Waals surface area contributed by atoms with E-state index in [2.05, 4.69) is 10.1 Å². The topological polar surface area (TPSA) is 77.7 Å². The number of hydrogen-bond donors (Lipinski definition) is 0. The maximum absolute atomic E-state index is 12.8. The van der Waals surface area contributed by atoms with Crippen LogP contribution in [-0.2, 0) is 16.0 Å². The molecule has 7 nitrogen and oxygen atoms in total. The molecule has 0 radical (unpaired) electrons. The molecule has 0 saturated carbocycles. The molecule has 2 aliphatic heterocycles. The Hall–Kier alpha value is -2.41. The van der Waals surface area contributed by atoms with Crippen LogP contribution in [0.2, 0.25) is 0 Å². The van der Waals surface area contributed by atoms with Gasteiger partial charge in [-0.25, -0.2) is 4.98 Å². The highest BCUT2D eigenvalue weighted by atomic mass is 16.5. The number of piperidine rings is 1. The molecule has 0 bridgehead atoms. The molecule has 2 fully saturated rings. The molecule has 2 saturated heterocycles. The first-order valence-electron chi connectivity index (χ1n) is 10.4. The lowest BCUT2D eigenvalue weighted by molar-refractivity contribution is -0.151. The summed E-state index contributed by atoms with van der Waals surface area (Å²) < 4.78 is 17.5. The summed E-state index contributed by atoms with van der Waals surface area (Å²) in [7, 11) is 0. The van der Waals surface area contributed by atoms with Gasteiger partial charge >= 0.3 is 0 Å². The van der Waals surface area contributed by atoms with Gasteiger partial charge in [0, 0.05) is 43.8 Å². The number of aryl methyl sites for hydroxylation is 3. The SMILES string of the molecule is Cc1ccnc(OC2CCOC3(CCN(C(=O)Cc4c(C)noc4C)CC3)C2)c1. The number of rotatable bonds is 4. The summed E-state index contributed by atoms with van der Waals surface area (Å²) in [5.74, 6) is 1.53. The average molecular weight is 399 g/mol. The monoisotopic (exact) mass is 399 g/mol. The molecule has 1 unspecified atom stereocenters. The van der Waals surface area contributed by atoms with Crippen LogP contribution in [0.5, 0.6) is 5.88 Å². The van der Waals surface area contributed by atoms with Crippen molar-refractivity contribution < 1.29 is 18.8 Å². The third-order valence-electron chi connectivity index (χ3n) is 6.16. The van der Waals surface area contributed by atoms with Crippen molar-refractivity contribution in [2.75, 3.05) is 19.7 Å². The normalized spacial score (nSPS) is 21.3. The zero-order valence-electron chi connectivity index (χ0n) is 17.4. The van der Waals surface area contributed by atoms with Crippen LogP contribution in [0.15, 0.2) is 22.9 Å². The van der Waals surface area contributed by atoms with Crippen molar-refractivity contribution in [2.45, 2.75) is 64.6 Å². The van der Waals surface area contributed by atoms with Crippen LogP contribution in [0, 0.1) is 20.8 Å². The molecule has 2 aromatic rings. The quantitative estimate of drug-likeness (QED) is 0.786. The molecular formula is C22H29N3O4. The molecule has 0 N–H and O–H groups in total. The molecule has 7 heteroatoms. The minimum absolute atomic E-state index is 0.0996. The number of nitrogens with zero attached hydrogens (tertiary/aromatic N) is 3. The van der Waals surface area contributed by atoms with Crippen LogP contribution in [-0.4, -0.2) is 52.3 Å². The molecule has 1 spiro atoms. The van der Waals surface area contributed by atoms with Gasteiger partial charge in [-0.15, -0.1) is 0 Å². The Morgan fingerprint density at radius 2 is 2.10 bits per heavy atom. The van der Waals surface area contributed by atoms with E-state index in [0.29, 0.717) is 32.0 Å². The second-order valence-corrected chi connectivity index (χ2v) is 8.30. The number of carbonyl (C=O) groups is 1. The van der Waals surface area contributed by atoms with Gasteiger partial charge in [0.2, 0.25) is 11.8 Å². The summed E-state index contributed by atoms with van der Waals surface area (Å²) in [5, 5.41) is 3.95. The summed E-state index contributed by atoms with van der Waals surface area (Å²) in [6.07, 6.45) is 5.61. The minimum atomic E-state index is -0.202.